The molecular formula is C34H26F3N3O2. The van der Waals surface area contributed by atoms with Crippen LogP contribution >= 0.6 is 0 Å². The number of fused-ring (bicyclic) bond motifs is 2. The summed E-state index contributed by atoms with van der Waals surface area (Å²) in [6.45, 7) is 0.422. The summed E-state index contributed by atoms with van der Waals surface area (Å²) in [7, 11) is 1.72. The molecule has 0 bridgehead atoms. The van der Waals surface area contributed by atoms with Gasteiger partial charge in [0.15, 0.2) is 0 Å². The number of alkyl halides is 3. The third-order valence-corrected chi connectivity index (χ3v) is 7.49. The lowest BCUT2D eigenvalue weighted by atomic mass is 9.91. The molecule has 0 unspecified atom stereocenters. The number of rotatable bonds is 7. The smallest absolute Gasteiger partial charge is 0.418 e. The summed E-state index contributed by atoms with van der Waals surface area (Å²) in [4.78, 5) is 16.0. The Hall–Kier alpha value is -5.11. The van der Waals surface area contributed by atoms with Crippen LogP contribution in [0.1, 0.15) is 32.7 Å². The highest BCUT2D eigenvalue weighted by atomic mass is 19.4. The highest BCUT2D eigenvalue weighted by molar-refractivity contribution is 6.00. The molecule has 42 heavy (non-hydrogen) atoms. The van der Waals surface area contributed by atoms with E-state index in [0.717, 1.165) is 44.9 Å². The van der Waals surface area contributed by atoms with Gasteiger partial charge in [0.05, 0.1) is 22.3 Å². The van der Waals surface area contributed by atoms with Gasteiger partial charge in [0.25, 0.3) is 0 Å². The van der Waals surface area contributed by atoms with Gasteiger partial charge in [0.1, 0.15) is 5.69 Å². The van der Waals surface area contributed by atoms with Crippen molar-refractivity contribution in [2.24, 2.45) is 7.05 Å². The summed E-state index contributed by atoms with van der Waals surface area (Å²) in [5, 5.41) is 14.2. The number of para-hydroxylation sites is 2. The Morgan fingerprint density at radius 3 is 2.40 bits per heavy atom. The van der Waals surface area contributed by atoms with Crippen LogP contribution in [0.3, 0.4) is 0 Å². The summed E-state index contributed by atoms with van der Waals surface area (Å²) in [5.74, 6) is -1.00. The van der Waals surface area contributed by atoms with Crippen LogP contribution in [0.4, 0.5) is 18.9 Å². The van der Waals surface area contributed by atoms with Crippen LogP contribution in [-0.2, 0) is 26.2 Å². The Morgan fingerprint density at radius 2 is 1.64 bits per heavy atom. The second kappa shape index (κ2) is 10.7. The number of hydrogen-bond donors (Lipinski definition) is 2. The van der Waals surface area contributed by atoms with Gasteiger partial charge in [-0.25, -0.2) is 4.79 Å². The van der Waals surface area contributed by atoms with Crippen LogP contribution in [0.15, 0.2) is 103 Å². The minimum absolute atomic E-state index is 0.0787. The number of aromatic nitrogens is 2. The Morgan fingerprint density at radius 1 is 0.905 bits per heavy atom. The second-order valence-electron chi connectivity index (χ2n) is 10.2. The SMILES string of the molecule is Cn1c(C(=O)O)cc2cccc(NCc3cccc(-c4c(Cc5ccccc5)cnc5c(C(F)(F)F)cccc45)c3)c21. The Kier molecular flexibility index (Phi) is 6.90. The minimum Gasteiger partial charge on any atom is -0.477 e. The number of nitrogens with one attached hydrogen (secondary N) is 1. The summed E-state index contributed by atoms with van der Waals surface area (Å²) in [6.07, 6.45) is -2.46. The maximum atomic E-state index is 13.9. The van der Waals surface area contributed by atoms with Gasteiger partial charge >= 0.3 is 12.1 Å². The van der Waals surface area contributed by atoms with Crippen LogP contribution in [0.5, 0.6) is 0 Å². The maximum absolute atomic E-state index is 13.9. The molecule has 210 valence electrons. The lowest BCUT2D eigenvalue weighted by Crippen LogP contribution is -2.08. The van der Waals surface area contributed by atoms with Crippen molar-refractivity contribution in [3.05, 3.63) is 131 Å². The number of aromatic carboxylic acids is 1. The van der Waals surface area contributed by atoms with E-state index in [9.17, 15) is 23.1 Å². The summed E-state index contributed by atoms with van der Waals surface area (Å²) < 4.78 is 43.4. The van der Waals surface area contributed by atoms with Gasteiger partial charge in [0, 0.05) is 30.6 Å². The highest BCUT2D eigenvalue weighted by Gasteiger charge is 2.33. The van der Waals surface area contributed by atoms with Crippen molar-refractivity contribution in [3.63, 3.8) is 0 Å². The molecule has 2 N–H and O–H groups in total. The molecule has 6 rings (SSSR count). The molecule has 0 saturated carbocycles. The zero-order valence-electron chi connectivity index (χ0n) is 22.6. The van der Waals surface area contributed by atoms with Crippen LogP contribution in [0, 0.1) is 0 Å². The fourth-order valence-corrected chi connectivity index (χ4v) is 5.58. The number of hydrogen-bond acceptors (Lipinski definition) is 3. The molecule has 5 nitrogen and oxygen atoms in total. The molecule has 8 heteroatoms. The largest absolute Gasteiger partial charge is 0.477 e. The molecular weight excluding hydrogens is 539 g/mol. The monoisotopic (exact) mass is 565 g/mol. The van der Waals surface area contributed by atoms with Crippen LogP contribution in [-0.4, -0.2) is 20.6 Å². The normalized spacial score (nSPS) is 11.7. The predicted octanol–water partition coefficient (Wildman–Crippen LogP) is 8.31. The van der Waals surface area contributed by atoms with E-state index in [0.29, 0.717) is 23.9 Å². The van der Waals surface area contributed by atoms with Crippen molar-refractivity contribution in [2.45, 2.75) is 19.1 Å². The molecule has 0 saturated heterocycles. The predicted molar refractivity (Wildman–Crippen MR) is 159 cm³/mol. The van der Waals surface area contributed by atoms with Crippen molar-refractivity contribution >= 4 is 33.5 Å². The lowest BCUT2D eigenvalue weighted by molar-refractivity contribution is -0.136. The molecule has 2 aromatic heterocycles. The molecule has 0 radical (unpaired) electrons. The second-order valence-corrected chi connectivity index (χ2v) is 10.2. The first-order valence-corrected chi connectivity index (χ1v) is 13.4. The molecule has 6 aromatic rings. The van der Waals surface area contributed by atoms with Crippen molar-refractivity contribution in [3.8, 4) is 11.1 Å². The summed E-state index contributed by atoms with van der Waals surface area (Å²) >= 11 is 0. The van der Waals surface area contributed by atoms with Gasteiger partial charge in [-0.1, -0.05) is 72.8 Å². The van der Waals surface area contributed by atoms with Gasteiger partial charge in [-0.2, -0.15) is 13.2 Å². The first kappa shape index (κ1) is 27.1. The molecule has 0 amide bonds. The van der Waals surface area contributed by atoms with Crippen molar-refractivity contribution in [2.75, 3.05) is 5.32 Å². The zero-order chi connectivity index (χ0) is 29.4. The Bertz CT molecular complexity index is 1950. The number of nitrogens with zero attached hydrogens (tertiary/aromatic N) is 2. The topological polar surface area (TPSA) is 67.2 Å². The van der Waals surface area contributed by atoms with E-state index >= 15 is 0 Å². The van der Waals surface area contributed by atoms with Gasteiger partial charge in [-0.05, 0) is 58.5 Å². The van der Waals surface area contributed by atoms with E-state index < -0.39 is 17.7 Å². The summed E-state index contributed by atoms with van der Waals surface area (Å²) in [5.41, 5.74) is 5.18. The fraction of sp³-hybridized carbons (Fsp3) is 0.118. The number of aryl methyl sites for hydroxylation is 1. The van der Waals surface area contributed by atoms with E-state index in [1.807, 2.05) is 72.8 Å². The van der Waals surface area contributed by atoms with E-state index in [1.165, 1.54) is 6.07 Å². The lowest BCUT2D eigenvalue weighted by Gasteiger charge is -2.17. The van der Waals surface area contributed by atoms with Gasteiger partial charge < -0.3 is 15.0 Å². The molecule has 0 spiro atoms. The number of carbonyl (C=O) groups is 1. The molecule has 0 aliphatic rings. The standard InChI is InChI=1S/C34H26F3N3O2/c1-40-29(33(41)42)18-24-12-6-15-28(32(24)40)38-19-22-10-5-11-23(17-22)30-25(16-21-8-3-2-4-9-21)20-39-31-26(30)13-7-14-27(31)34(35,36)37/h2-15,17-18,20,38H,16,19H2,1H3,(H,41,42). The number of pyridine rings is 1. The van der Waals surface area contributed by atoms with Crippen molar-refractivity contribution < 1.29 is 23.1 Å². The first-order valence-electron chi connectivity index (χ1n) is 13.4. The van der Waals surface area contributed by atoms with Crippen LogP contribution in [0.25, 0.3) is 32.9 Å². The number of carboxylic acid groups (broad SMARTS) is 1. The zero-order valence-corrected chi connectivity index (χ0v) is 22.6. The van der Waals surface area contributed by atoms with E-state index in [1.54, 1.807) is 29.9 Å². The molecule has 4 aromatic carbocycles. The van der Waals surface area contributed by atoms with Gasteiger partial charge in [0.2, 0.25) is 0 Å². The van der Waals surface area contributed by atoms with E-state index in [-0.39, 0.29) is 11.2 Å². The average Bonchev–Trinajstić information content (AvgIpc) is 3.33. The third-order valence-electron chi connectivity index (χ3n) is 7.49. The van der Waals surface area contributed by atoms with E-state index in [2.05, 4.69) is 10.3 Å². The maximum Gasteiger partial charge on any atom is 0.418 e. The molecule has 0 aliphatic carbocycles. The summed E-state index contributed by atoms with van der Waals surface area (Å²) in [6, 6.07) is 29.0. The van der Waals surface area contributed by atoms with Crippen LogP contribution < -0.4 is 5.32 Å². The Balaban J connectivity index is 1.42. The van der Waals surface area contributed by atoms with Crippen molar-refractivity contribution in [1.29, 1.82) is 0 Å². The number of halogens is 3. The average molecular weight is 566 g/mol. The highest BCUT2D eigenvalue weighted by Crippen LogP contribution is 2.39. The fourth-order valence-electron chi connectivity index (χ4n) is 5.58. The number of benzene rings is 4. The third kappa shape index (κ3) is 5.07. The van der Waals surface area contributed by atoms with Gasteiger partial charge in [-0.15, -0.1) is 0 Å². The first-order chi connectivity index (χ1) is 20.2. The quantitative estimate of drug-likeness (QED) is 0.204. The molecule has 0 aliphatic heterocycles. The van der Waals surface area contributed by atoms with Gasteiger partial charge in [-0.3, -0.25) is 4.98 Å². The van der Waals surface area contributed by atoms with Crippen molar-refractivity contribution in [1.82, 2.24) is 9.55 Å². The molecule has 2 heterocycles. The minimum atomic E-state index is -4.53. The number of carboxylic acids is 1. The van der Waals surface area contributed by atoms with Crippen LogP contribution in [0.2, 0.25) is 0 Å². The number of anilines is 1. The molecule has 0 atom stereocenters. The van der Waals surface area contributed by atoms with E-state index in [4.69, 9.17) is 0 Å². The molecule has 0 fully saturated rings. The Labute approximate surface area is 239 Å².